The van der Waals surface area contributed by atoms with Crippen molar-refractivity contribution in [3.63, 3.8) is 0 Å². The summed E-state index contributed by atoms with van der Waals surface area (Å²) in [6.45, 7) is 1.28. The molecule has 0 aromatic heterocycles. The van der Waals surface area contributed by atoms with Crippen LogP contribution in [0.3, 0.4) is 0 Å². The van der Waals surface area contributed by atoms with E-state index in [1.807, 2.05) is 0 Å². The maximum Gasteiger partial charge on any atom is 0.271 e. The normalized spacial score (nSPS) is 19.3. The molecular weight excluding hydrogens is 335 g/mol. The quantitative estimate of drug-likeness (QED) is 0.469. The van der Waals surface area contributed by atoms with E-state index >= 15 is 0 Å². The number of non-ortho nitro benzene ring substituents is 1. The van der Waals surface area contributed by atoms with Gasteiger partial charge in [0.05, 0.1) is 4.92 Å². The van der Waals surface area contributed by atoms with Crippen LogP contribution in [0.5, 0.6) is 0 Å². The molecule has 0 aliphatic carbocycles. The van der Waals surface area contributed by atoms with Crippen molar-refractivity contribution in [1.29, 1.82) is 0 Å². The zero-order valence-electron chi connectivity index (χ0n) is 10.0. The molecule has 1 fully saturated rings. The Morgan fingerprint density at radius 2 is 2.21 bits per heavy atom. The van der Waals surface area contributed by atoms with Crippen LogP contribution in [0.4, 0.5) is 5.69 Å². The van der Waals surface area contributed by atoms with Gasteiger partial charge in [0.15, 0.2) is 0 Å². The van der Waals surface area contributed by atoms with Gasteiger partial charge < -0.3 is 4.90 Å². The van der Waals surface area contributed by atoms with Crippen molar-refractivity contribution in [1.82, 2.24) is 4.90 Å². The van der Waals surface area contributed by atoms with E-state index in [0.29, 0.717) is 13.1 Å². The molecule has 1 amide bonds. The Balaban J connectivity index is 2.25. The first kappa shape index (κ1) is 14.3. The van der Waals surface area contributed by atoms with Crippen LogP contribution in [0.15, 0.2) is 18.2 Å². The molecule has 1 aliphatic rings. The number of piperidine rings is 1. The van der Waals surface area contributed by atoms with Crippen LogP contribution in [0.1, 0.15) is 23.2 Å². The van der Waals surface area contributed by atoms with E-state index in [9.17, 15) is 14.9 Å². The molecule has 7 heteroatoms. The van der Waals surface area contributed by atoms with Crippen molar-refractivity contribution < 1.29 is 9.72 Å². The van der Waals surface area contributed by atoms with Crippen LogP contribution in [0.2, 0.25) is 5.02 Å². The first-order chi connectivity index (χ1) is 8.97. The van der Waals surface area contributed by atoms with Gasteiger partial charge in [0.2, 0.25) is 0 Å². The highest BCUT2D eigenvalue weighted by Gasteiger charge is 2.24. The average molecular weight is 348 g/mol. The van der Waals surface area contributed by atoms with E-state index in [4.69, 9.17) is 11.6 Å². The van der Waals surface area contributed by atoms with Crippen LogP contribution < -0.4 is 0 Å². The molecular formula is C12H12BrClN2O3. The fourth-order valence-electron chi connectivity index (χ4n) is 2.10. The van der Waals surface area contributed by atoms with Gasteiger partial charge in [-0.15, -0.1) is 0 Å². The van der Waals surface area contributed by atoms with Gasteiger partial charge in [-0.2, -0.15) is 0 Å². The highest BCUT2D eigenvalue weighted by Crippen LogP contribution is 2.24. The number of nitrogens with zero attached hydrogens (tertiary/aromatic N) is 2. The van der Waals surface area contributed by atoms with Gasteiger partial charge in [-0.3, -0.25) is 14.9 Å². The van der Waals surface area contributed by atoms with Crippen molar-refractivity contribution in [2.45, 2.75) is 17.7 Å². The second-order valence-electron chi connectivity index (χ2n) is 4.45. The smallest absolute Gasteiger partial charge is 0.271 e. The molecule has 0 radical (unpaired) electrons. The SMILES string of the molecule is O=C(c1cc(Cl)cc([N+](=O)[O-])c1)N1CCCC(Br)C1. The number of benzene rings is 1. The summed E-state index contributed by atoms with van der Waals surface area (Å²) in [6.07, 6.45) is 1.95. The van der Waals surface area contributed by atoms with Crippen molar-refractivity contribution >= 4 is 39.1 Å². The van der Waals surface area contributed by atoms with Crippen molar-refractivity contribution in [3.05, 3.63) is 38.9 Å². The number of rotatable bonds is 2. The predicted molar refractivity (Wildman–Crippen MR) is 76.0 cm³/mol. The van der Waals surface area contributed by atoms with Crippen molar-refractivity contribution in [2.75, 3.05) is 13.1 Å². The van der Waals surface area contributed by atoms with E-state index in [1.165, 1.54) is 18.2 Å². The number of nitro groups is 1. The Kier molecular flexibility index (Phi) is 4.42. The van der Waals surface area contributed by atoms with Crippen LogP contribution >= 0.6 is 27.5 Å². The van der Waals surface area contributed by atoms with Gasteiger partial charge in [-0.05, 0) is 18.9 Å². The molecule has 102 valence electrons. The highest BCUT2D eigenvalue weighted by atomic mass is 79.9. The highest BCUT2D eigenvalue weighted by molar-refractivity contribution is 9.09. The van der Waals surface area contributed by atoms with Gasteiger partial charge in [-0.25, -0.2) is 0 Å². The van der Waals surface area contributed by atoms with Gasteiger partial charge >= 0.3 is 0 Å². The van der Waals surface area contributed by atoms with Crippen LogP contribution in [0.25, 0.3) is 0 Å². The number of amides is 1. The third-order valence-electron chi connectivity index (χ3n) is 2.99. The Bertz CT molecular complexity index is 524. The maximum absolute atomic E-state index is 12.3. The summed E-state index contributed by atoms with van der Waals surface area (Å²) < 4.78 is 0. The minimum Gasteiger partial charge on any atom is -0.338 e. The van der Waals surface area contributed by atoms with E-state index in [1.54, 1.807) is 4.90 Å². The zero-order valence-corrected chi connectivity index (χ0v) is 12.4. The molecule has 0 spiro atoms. The van der Waals surface area contributed by atoms with E-state index in [2.05, 4.69) is 15.9 Å². The molecule has 0 bridgehead atoms. The monoisotopic (exact) mass is 346 g/mol. The maximum atomic E-state index is 12.3. The molecule has 1 unspecified atom stereocenters. The molecule has 1 aromatic carbocycles. The number of nitro benzene ring substituents is 1. The van der Waals surface area contributed by atoms with Crippen LogP contribution in [-0.4, -0.2) is 33.6 Å². The minimum atomic E-state index is -0.549. The number of carbonyl (C=O) groups is 1. The second kappa shape index (κ2) is 5.88. The van der Waals surface area contributed by atoms with Gasteiger partial charge in [-0.1, -0.05) is 27.5 Å². The summed E-state index contributed by atoms with van der Waals surface area (Å²) in [5, 5.41) is 11.0. The summed E-state index contributed by atoms with van der Waals surface area (Å²) in [5.41, 5.74) is 0.101. The van der Waals surface area contributed by atoms with Crippen LogP contribution in [0, 0.1) is 10.1 Å². The largest absolute Gasteiger partial charge is 0.338 e. The molecule has 5 nitrogen and oxygen atoms in total. The Labute approximate surface area is 123 Å². The molecule has 1 atom stereocenters. The number of likely N-dealkylation sites (tertiary alicyclic amines) is 1. The Hall–Kier alpha value is -1.14. The minimum absolute atomic E-state index is 0.164. The standard InChI is InChI=1S/C12H12BrClN2O3/c13-9-2-1-3-15(7-9)12(17)8-4-10(14)6-11(5-8)16(18)19/h4-6,9H,1-3,7H2. The summed E-state index contributed by atoms with van der Waals surface area (Å²) in [7, 11) is 0. The number of carbonyl (C=O) groups excluding carboxylic acids is 1. The third-order valence-corrected chi connectivity index (χ3v) is 3.96. The molecule has 0 saturated carbocycles. The molecule has 1 saturated heterocycles. The molecule has 1 heterocycles. The van der Waals surface area contributed by atoms with E-state index < -0.39 is 4.92 Å². The summed E-state index contributed by atoms with van der Waals surface area (Å²) in [5.74, 6) is -0.213. The lowest BCUT2D eigenvalue weighted by atomic mass is 10.1. The zero-order chi connectivity index (χ0) is 14.0. The lowest BCUT2D eigenvalue weighted by molar-refractivity contribution is -0.384. The summed E-state index contributed by atoms with van der Waals surface area (Å²) in [6, 6.07) is 3.97. The Morgan fingerprint density at radius 3 is 2.84 bits per heavy atom. The van der Waals surface area contributed by atoms with Gasteiger partial charge in [0.25, 0.3) is 11.6 Å². The van der Waals surface area contributed by atoms with Gasteiger partial charge in [0, 0.05) is 40.6 Å². The van der Waals surface area contributed by atoms with Crippen molar-refractivity contribution in [2.24, 2.45) is 0 Å². The van der Waals surface area contributed by atoms with E-state index in [-0.39, 0.29) is 27.0 Å². The second-order valence-corrected chi connectivity index (χ2v) is 6.18. The number of hydrogen-bond acceptors (Lipinski definition) is 3. The molecule has 2 rings (SSSR count). The van der Waals surface area contributed by atoms with Crippen LogP contribution in [-0.2, 0) is 0 Å². The van der Waals surface area contributed by atoms with Gasteiger partial charge in [0.1, 0.15) is 0 Å². The molecule has 0 N–H and O–H groups in total. The van der Waals surface area contributed by atoms with Crippen molar-refractivity contribution in [3.8, 4) is 0 Å². The summed E-state index contributed by atoms with van der Waals surface area (Å²) >= 11 is 9.31. The lowest BCUT2D eigenvalue weighted by Crippen LogP contribution is -2.40. The molecule has 1 aromatic rings. The topological polar surface area (TPSA) is 63.4 Å². The summed E-state index contributed by atoms with van der Waals surface area (Å²) in [4.78, 5) is 24.5. The molecule has 1 aliphatic heterocycles. The molecule has 19 heavy (non-hydrogen) atoms. The lowest BCUT2D eigenvalue weighted by Gasteiger charge is -2.30. The predicted octanol–water partition coefficient (Wildman–Crippen LogP) is 3.25. The number of hydrogen-bond donors (Lipinski definition) is 0. The average Bonchev–Trinajstić information content (AvgIpc) is 2.37. The van der Waals surface area contributed by atoms with E-state index in [0.717, 1.165) is 12.8 Å². The first-order valence-electron chi connectivity index (χ1n) is 5.85. The number of alkyl halides is 1. The Morgan fingerprint density at radius 1 is 1.47 bits per heavy atom. The fraction of sp³-hybridized carbons (Fsp3) is 0.417. The number of halogens is 2. The first-order valence-corrected chi connectivity index (χ1v) is 7.15. The fourth-order valence-corrected chi connectivity index (χ4v) is 3.00. The third kappa shape index (κ3) is 3.45.